The minimum absolute atomic E-state index is 0.151. The lowest BCUT2D eigenvalue weighted by atomic mass is 10.3. The average Bonchev–Trinajstić information content (AvgIpc) is 2.75. The summed E-state index contributed by atoms with van der Waals surface area (Å²) in [6, 6.07) is 9.56. The number of halogens is 1. The number of sulfone groups is 1. The number of aromatic nitrogens is 1. The maximum Gasteiger partial charge on any atom is 0.194 e. The lowest BCUT2D eigenvalue weighted by Gasteiger charge is -2.05. The van der Waals surface area contributed by atoms with Crippen molar-refractivity contribution in [1.82, 2.24) is 4.57 Å². The highest BCUT2D eigenvalue weighted by Gasteiger charge is 2.21. The van der Waals surface area contributed by atoms with Gasteiger partial charge in [0.05, 0.1) is 10.6 Å². The zero-order valence-electron chi connectivity index (χ0n) is 10.2. The Morgan fingerprint density at radius 1 is 1.21 bits per heavy atom. The molecule has 0 aliphatic rings. The van der Waals surface area contributed by atoms with E-state index in [-0.39, 0.29) is 4.90 Å². The van der Waals surface area contributed by atoms with E-state index in [1.54, 1.807) is 42.1 Å². The number of carbonyl (C=O) groups excluding carboxylic acids is 1. The number of hydrogen-bond acceptors (Lipinski definition) is 3. The molecule has 0 fully saturated rings. The third-order valence-corrected chi connectivity index (χ3v) is 4.88. The molecule has 6 heteroatoms. The molecular weight excluding hydrogens is 330 g/mol. The van der Waals surface area contributed by atoms with Crippen molar-refractivity contribution in [2.45, 2.75) is 4.90 Å². The van der Waals surface area contributed by atoms with Crippen LogP contribution < -0.4 is 0 Å². The predicted molar refractivity (Wildman–Crippen MR) is 75.9 cm³/mol. The molecule has 1 aromatic carbocycles. The van der Waals surface area contributed by atoms with Crippen molar-refractivity contribution in [1.29, 1.82) is 0 Å². The molecule has 1 heterocycles. The fourth-order valence-electron chi connectivity index (χ4n) is 1.72. The first-order valence-electron chi connectivity index (χ1n) is 5.53. The summed E-state index contributed by atoms with van der Waals surface area (Å²) in [5, 5.41) is 0. The van der Waals surface area contributed by atoms with E-state index in [0.717, 1.165) is 4.47 Å². The van der Waals surface area contributed by atoms with Crippen molar-refractivity contribution in [2.24, 2.45) is 7.05 Å². The predicted octanol–water partition coefficient (Wildman–Crippen LogP) is 2.44. The third-order valence-electron chi connectivity index (χ3n) is 2.72. The van der Waals surface area contributed by atoms with Gasteiger partial charge in [-0.15, -0.1) is 0 Å². The van der Waals surface area contributed by atoms with E-state index in [2.05, 4.69) is 15.9 Å². The van der Waals surface area contributed by atoms with Crippen molar-refractivity contribution in [2.75, 3.05) is 5.75 Å². The molecule has 1 aromatic heterocycles. The van der Waals surface area contributed by atoms with Gasteiger partial charge in [-0.2, -0.15) is 0 Å². The van der Waals surface area contributed by atoms with E-state index in [1.165, 1.54) is 12.1 Å². The van der Waals surface area contributed by atoms with Crippen LogP contribution in [0.1, 0.15) is 10.5 Å². The molecule has 0 spiro atoms. The van der Waals surface area contributed by atoms with Gasteiger partial charge in [-0.05, 0) is 36.4 Å². The molecule has 0 unspecified atom stereocenters. The maximum atomic E-state index is 12.1. The molecule has 0 radical (unpaired) electrons. The lowest BCUT2D eigenvalue weighted by Crippen LogP contribution is -2.18. The summed E-state index contributed by atoms with van der Waals surface area (Å²) in [7, 11) is -1.89. The molecule has 0 N–H and O–H groups in total. The Bertz CT molecular complexity index is 702. The first-order valence-corrected chi connectivity index (χ1v) is 7.97. The molecule has 2 aromatic rings. The summed E-state index contributed by atoms with van der Waals surface area (Å²) in [6.07, 6.45) is 1.71. The number of carbonyl (C=O) groups is 1. The Balaban J connectivity index is 2.25. The molecule has 100 valence electrons. The summed E-state index contributed by atoms with van der Waals surface area (Å²) in [6.45, 7) is 0. The maximum absolute atomic E-state index is 12.1. The molecule has 0 aliphatic heterocycles. The SMILES string of the molecule is Cn1cccc1C(=O)CS(=O)(=O)c1ccc(Br)cc1. The Morgan fingerprint density at radius 2 is 1.84 bits per heavy atom. The average molecular weight is 342 g/mol. The minimum atomic E-state index is -3.60. The smallest absolute Gasteiger partial charge is 0.194 e. The van der Waals surface area contributed by atoms with Crippen molar-refractivity contribution >= 4 is 31.6 Å². The summed E-state index contributed by atoms with van der Waals surface area (Å²) in [4.78, 5) is 12.1. The molecule has 0 saturated carbocycles. The molecule has 4 nitrogen and oxygen atoms in total. The van der Waals surface area contributed by atoms with Gasteiger partial charge < -0.3 is 4.57 Å². The topological polar surface area (TPSA) is 56.1 Å². The monoisotopic (exact) mass is 341 g/mol. The molecule has 19 heavy (non-hydrogen) atoms. The molecule has 0 atom stereocenters. The molecule has 0 bridgehead atoms. The van der Waals surface area contributed by atoms with Crippen molar-refractivity contribution < 1.29 is 13.2 Å². The molecule has 0 aliphatic carbocycles. The standard InChI is InChI=1S/C13H12BrNO3S/c1-15-8-2-3-12(15)13(16)9-19(17,18)11-6-4-10(14)5-7-11/h2-8H,9H2,1H3. The molecule has 2 rings (SSSR count). The van der Waals surface area contributed by atoms with Crippen LogP contribution in [0.4, 0.5) is 0 Å². The number of aryl methyl sites for hydroxylation is 1. The van der Waals surface area contributed by atoms with Crippen LogP contribution in [0, 0.1) is 0 Å². The van der Waals surface area contributed by atoms with Crippen molar-refractivity contribution in [3.05, 3.63) is 52.8 Å². The fraction of sp³-hybridized carbons (Fsp3) is 0.154. The van der Waals surface area contributed by atoms with E-state index >= 15 is 0 Å². The van der Waals surface area contributed by atoms with Crippen LogP contribution in [0.15, 0.2) is 52.0 Å². The fourth-order valence-corrected chi connectivity index (χ4v) is 3.20. The van der Waals surface area contributed by atoms with E-state index < -0.39 is 21.4 Å². The van der Waals surface area contributed by atoms with Crippen molar-refractivity contribution in [3.8, 4) is 0 Å². The normalized spacial score (nSPS) is 11.5. The van der Waals surface area contributed by atoms with Crippen LogP contribution in [-0.4, -0.2) is 24.5 Å². The van der Waals surface area contributed by atoms with Gasteiger partial charge in [-0.25, -0.2) is 8.42 Å². The quantitative estimate of drug-likeness (QED) is 0.802. The molecule has 0 amide bonds. The first-order chi connectivity index (χ1) is 8.90. The van der Waals surface area contributed by atoms with Crippen LogP contribution >= 0.6 is 15.9 Å². The van der Waals surface area contributed by atoms with Gasteiger partial charge in [0, 0.05) is 17.7 Å². The Labute approximate surface area is 120 Å². The number of rotatable bonds is 4. The number of benzene rings is 1. The van der Waals surface area contributed by atoms with E-state index in [0.29, 0.717) is 5.69 Å². The number of ketones is 1. The van der Waals surface area contributed by atoms with Crippen LogP contribution in [0.5, 0.6) is 0 Å². The minimum Gasteiger partial charge on any atom is -0.348 e. The number of nitrogens with zero attached hydrogens (tertiary/aromatic N) is 1. The second-order valence-corrected chi connectivity index (χ2v) is 7.05. The van der Waals surface area contributed by atoms with E-state index in [9.17, 15) is 13.2 Å². The van der Waals surface area contributed by atoms with Gasteiger partial charge in [0.1, 0.15) is 5.75 Å². The lowest BCUT2D eigenvalue weighted by molar-refractivity contribution is 0.101. The largest absolute Gasteiger partial charge is 0.348 e. The van der Waals surface area contributed by atoms with Gasteiger partial charge in [-0.3, -0.25) is 4.79 Å². The van der Waals surface area contributed by atoms with Crippen LogP contribution in [0.25, 0.3) is 0 Å². The van der Waals surface area contributed by atoms with Gasteiger partial charge >= 0.3 is 0 Å². The highest BCUT2D eigenvalue weighted by molar-refractivity contribution is 9.10. The first kappa shape index (κ1) is 14.0. The Kier molecular flexibility index (Phi) is 3.91. The van der Waals surface area contributed by atoms with Gasteiger partial charge in [0.25, 0.3) is 0 Å². The third kappa shape index (κ3) is 3.13. The summed E-state index contributed by atoms with van der Waals surface area (Å²) >= 11 is 3.24. The molecular formula is C13H12BrNO3S. The Hall–Kier alpha value is -1.40. The van der Waals surface area contributed by atoms with Crippen LogP contribution in [0.3, 0.4) is 0 Å². The second kappa shape index (κ2) is 5.30. The second-order valence-electron chi connectivity index (χ2n) is 4.14. The van der Waals surface area contributed by atoms with E-state index in [4.69, 9.17) is 0 Å². The molecule has 0 saturated heterocycles. The summed E-state index contributed by atoms with van der Waals surface area (Å²) < 4.78 is 26.6. The zero-order valence-corrected chi connectivity index (χ0v) is 12.6. The Morgan fingerprint density at radius 3 is 2.37 bits per heavy atom. The van der Waals surface area contributed by atoms with E-state index in [1.807, 2.05) is 0 Å². The highest BCUT2D eigenvalue weighted by Crippen LogP contribution is 2.17. The van der Waals surface area contributed by atoms with Gasteiger partial charge in [-0.1, -0.05) is 15.9 Å². The number of Topliss-reactive ketones (excluding diaryl/α,β-unsaturated/α-hetero) is 1. The van der Waals surface area contributed by atoms with Gasteiger partial charge in [0.15, 0.2) is 15.6 Å². The van der Waals surface area contributed by atoms with Crippen LogP contribution in [-0.2, 0) is 16.9 Å². The summed E-state index contributed by atoms with van der Waals surface area (Å²) in [5.74, 6) is -0.928. The van der Waals surface area contributed by atoms with Gasteiger partial charge in [0.2, 0.25) is 0 Å². The van der Waals surface area contributed by atoms with Crippen molar-refractivity contribution in [3.63, 3.8) is 0 Å². The summed E-state index contributed by atoms with van der Waals surface area (Å²) in [5.41, 5.74) is 0.390. The number of hydrogen-bond donors (Lipinski definition) is 0. The van der Waals surface area contributed by atoms with Crippen LogP contribution in [0.2, 0.25) is 0 Å². The zero-order chi connectivity index (χ0) is 14.0. The highest BCUT2D eigenvalue weighted by atomic mass is 79.9.